The highest BCUT2D eigenvalue weighted by Gasteiger charge is 2.10. The molecule has 0 saturated heterocycles. The normalized spacial score (nSPS) is 12.6. The molecule has 0 aliphatic carbocycles. The van der Waals surface area contributed by atoms with Crippen LogP contribution in [0.25, 0.3) is 0 Å². The van der Waals surface area contributed by atoms with Crippen LogP contribution in [0.4, 0.5) is 18.9 Å². The minimum atomic E-state index is -1.54. The van der Waals surface area contributed by atoms with Gasteiger partial charge in [-0.25, -0.2) is 13.2 Å². The fraction of sp³-hybridized carbons (Fsp3) is 0.333. The van der Waals surface area contributed by atoms with Crippen LogP contribution in [0, 0.1) is 17.5 Å². The van der Waals surface area contributed by atoms with Crippen LogP contribution in [0.15, 0.2) is 12.1 Å². The quantitative estimate of drug-likeness (QED) is 0.661. The van der Waals surface area contributed by atoms with Gasteiger partial charge in [0, 0.05) is 24.4 Å². The molecule has 1 atom stereocenters. The predicted molar refractivity (Wildman–Crippen MR) is 47.9 cm³/mol. The van der Waals surface area contributed by atoms with Crippen LogP contribution >= 0.6 is 0 Å². The van der Waals surface area contributed by atoms with Gasteiger partial charge in [-0.05, 0) is 0 Å². The Kier molecular flexibility index (Phi) is 3.93. The molecule has 0 aromatic heterocycles. The number of aliphatic hydroxyl groups excluding tert-OH is 2. The molecule has 15 heavy (non-hydrogen) atoms. The number of halogens is 3. The Morgan fingerprint density at radius 1 is 1.20 bits per heavy atom. The molecule has 3 N–H and O–H groups in total. The highest BCUT2D eigenvalue weighted by molar-refractivity contribution is 5.44. The van der Waals surface area contributed by atoms with Crippen LogP contribution in [0.5, 0.6) is 0 Å². The summed E-state index contributed by atoms with van der Waals surface area (Å²) >= 11 is 0. The van der Waals surface area contributed by atoms with Gasteiger partial charge in [0.1, 0.15) is 0 Å². The third-order valence-corrected chi connectivity index (χ3v) is 1.74. The number of hydrogen-bond acceptors (Lipinski definition) is 3. The highest BCUT2D eigenvalue weighted by Crippen LogP contribution is 2.17. The van der Waals surface area contributed by atoms with E-state index in [1.165, 1.54) is 0 Å². The van der Waals surface area contributed by atoms with E-state index in [0.29, 0.717) is 0 Å². The van der Waals surface area contributed by atoms with E-state index in [0.717, 1.165) is 12.1 Å². The van der Waals surface area contributed by atoms with E-state index >= 15 is 0 Å². The number of benzene rings is 1. The molecule has 0 spiro atoms. The number of nitrogens with one attached hydrogen (secondary N) is 1. The summed E-state index contributed by atoms with van der Waals surface area (Å²) in [4.78, 5) is 0. The number of aliphatic hydroxyl groups is 2. The van der Waals surface area contributed by atoms with Crippen molar-refractivity contribution in [3.8, 4) is 0 Å². The van der Waals surface area contributed by atoms with Crippen molar-refractivity contribution in [1.82, 2.24) is 0 Å². The van der Waals surface area contributed by atoms with Crippen LogP contribution in [0.3, 0.4) is 0 Å². The van der Waals surface area contributed by atoms with E-state index < -0.39 is 30.2 Å². The van der Waals surface area contributed by atoms with Crippen molar-refractivity contribution in [2.45, 2.75) is 6.10 Å². The Labute approximate surface area is 84.2 Å². The lowest BCUT2D eigenvalue weighted by molar-refractivity contribution is 0.105. The average Bonchev–Trinajstić information content (AvgIpc) is 2.22. The van der Waals surface area contributed by atoms with Gasteiger partial charge in [0.2, 0.25) is 0 Å². The zero-order valence-electron chi connectivity index (χ0n) is 7.67. The summed E-state index contributed by atoms with van der Waals surface area (Å²) in [5.41, 5.74) is -0.00102. The number of rotatable bonds is 4. The summed E-state index contributed by atoms with van der Waals surface area (Å²) in [7, 11) is 0. The Morgan fingerprint density at radius 2 is 1.73 bits per heavy atom. The molecule has 6 heteroatoms. The van der Waals surface area contributed by atoms with E-state index in [1.54, 1.807) is 0 Å². The molecule has 0 aliphatic heterocycles. The lowest BCUT2D eigenvalue weighted by atomic mass is 10.2. The molecule has 0 aliphatic rings. The molecule has 84 valence electrons. The maximum Gasteiger partial charge on any atom is 0.194 e. The van der Waals surface area contributed by atoms with Gasteiger partial charge in [-0.15, -0.1) is 0 Å². The highest BCUT2D eigenvalue weighted by atomic mass is 19.2. The molecule has 0 bridgehead atoms. The van der Waals surface area contributed by atoms with Crippen molar-refractivity contribution in [2.75, 3.05) is 18.5 Å². The molecule has 0 heterocycles. The van der Waals surface area contributed by atoms with Gasteiger partial charge in [-0.2, -0.15) is 0 Å². The van der Waals surface area contributed by atoms with Gasteiger partial charge in [0.25, 0.3) is 0 Å². The van der Waals surface area contributed by atoms with Crippen molar-refractivity contribution < 1.29 is 23.4 Å². The van der Waals surface area contributed by atoms with Gasteiger partial charge < -0.3 is 15.5 Å². The molecular formula is C9H10F3NO2. The van der Waals surface area contributed by atoms with Crippen molar-refractivity contribution in [3.63, 3.8) is 0 Å². The van der Waals surface area contributed by atoms with E-state index in [2.05, 4.69) is 5.32 Å². The maximum absolute atomic E-state index is 12.7. The fourth-order valence-electron chi connectivity index (χ4n) is 0.958. The third-order valence-electron chi connectivity index (χ3n) is 1.74. The van der Waals surface area contributed by atoms with E-state index in [1.807, 2.05) is 0 Å². The van der Waals surface area contributed by atoms with E-state index in [-0.39, 0.29) is 12.2 Å². The molecule has 1 unspecified atom stereocenters. The van der Waals surface area contributed by atoms with Crippen molar-refractivity contribution in [3.05, 3.63) is 29.6 Å². The monoisotopic (exact) mass is 221 g/mol. The second-order valence-electron chi connectivity index (χ2n) is 2.97. The zero-order valence-corrected chi connectivity index (χ0v) is 7.67. The molecule has 1 rings (SSSR count). The zero-order chi connectivity index (χ0) is 11.4. The van der Waals surface area contributed by atoms with Crippen molar-refractivity contribution >= 4 is 5.69 Å². The van der Waals surface area contributed by atoms with Gasteiger partial charge in [-0.1, -0.05) is 0 Å². The second kappa shape index (κ2) is 4.99. The van der Waals surface area contributed by atoms with Crippen molar-refractivity contribution in [2.24, 2.45) is 0 Å². The molecule has 1 aromatic carbocycles. The lowest BCUT2D eigenvalue weighted by Gasteiger charge is -2.10. The van der Waals surface area contributed by atoms with Gasteiger partial charge >= 0.3 is 0 Å². The smallest absolute Gasteiger partial charge is 0.194 e. The van der Waals surface area contributed by atoms with E-state index in [4.69, 9.17) is 10.2 Å². The molecule has 0 saturated carbocycles. The van der Waals surface area contributed by atoms with E-state index in [9.17, 15) is 13.2 Å². The largest absolute Gasteiger partial charge is 0.394 e. The fourth-order valence-corrected chi connectivity index (χ4v) is 0.958. The SMILES string of the molecule is OCC(O)CNc1cc(F)c(F)c(F)c1. The summed E-state index contributed by atoms with van der Waals surface area (Å²) in [6, 6.07) is 1.53. The van der Waals surface area contributed by atoms with Gasteiger partial charge in [-0.3, -0.25) is 0 Å². The molecular weight excluding hydrogens is 211 g/mol. The summed E-state index contributed by atoms with van der Waals surface area (Å²) in [5, 5.41) is 19.9. The molecule has 0 amide bonds. The number of anilines is 1. The predicted octanol–water partition coefficient (Wildman–Crippen LogP) is 0.869. The first-order chi connectivity index (χ1) is 7.04. The Balaban J connectivity index is 2.70. The second-order valence-corrected chi connectivity index (χ2v) is 2.97. The summed E-state index contributed by atoms with van der Waals surface area (Å²) in [6.07, 6.45) is -1.04. The minimum absolute atomic E-state index is 0.00102. The summed E-state index contributed by atoms with van der Waals surface area (Å²) in [5.74, 6) is -4.16. The topological polar surface area (TPSA) is 52.5 Å². The Hall–Kier alpha value is -1.27. The molecule has 3 nitrogen and oxygen atoms in total. The Morgan fingerprint density at radius 3 is 2.20 bits per heavy atom. The first kappa shape index (κ1) is 11.8. The summed E-state index contributed by atoms with van der Waals surface area (Å²) < 4.78 is 37.9. The van der Waals surface area contributed by atoms with Gasteiger partial charge in [0.15, 0.2) is 17.5 Å². The minimum Gasteiger partial charge on any atom is -0.394 e. The van der Waals surface area contributed by atoms with Gasteiger partial charge in [0.05, 0.1) is 12.7 Å². The van der Waals surface area contributed by atoms with Crippen LogP contribution in [-0.4, -0.2) is 29.5 Å². The lowest BCUT2D eigenvalue weighted by Crippen LogP contribution is -2.23. The summed E-state index contributed by atoms with van der Waals surface area (Å²) in [6.45, 7) is -0.555. The molecule has 0 radical (unpaired) electrons. The number of hydrogen-bond donors (Lipinski definition) is 3. The third kappa shape index (κ3) is 3.10. The first-order valence-electron chi connectivity index (χ1n) is 4.22. The molecule has 1 aromatic rings. The standard InChI is InChI=1S/C9H10F3NO2/c10-7-1-5(2-8(11)9(7)12)13-3-6(15)4-14/h1-2,6,13-15H,3-4H2. The Bertz CT molecular complexity index is 323. The van der Waals surface area contributed by atoms with Crippen LogP contribution in [-0.2, 0) is 0 Å². The van der Waals surface area contributed by atoms with Crippen LogP contribution < -0.4 is 5.32 Å². The van der Waals surface area contributed by atoms with Crippen LogP contribution in [0.1, 0.15) is 0 Å². The van der Waals surface area contributed by atoms with Crippen molar-refractivity contribution in [1.29, 1.82) is 0 Å². The maximum atomic E-state index is 12.7. The molecule has 0 fully saturated rings. The van der Waals surface area contributed by atoms with Crippen LogP contribution in [0.2, 0.25) is 0 Å². The average molecular weight is 221 g/mol. The first-order valence-corrected chi connectivity index (χ1v) is 4.22.